The van der Waals surface area contributed by atoms with E-state index in [2.05, 4.69) is 13.2 Å². The molecule has 0 aliphatic rings. The summed E-state index contributed by atoms with van der Waals surface area (Å²) in [5.74, 6) is -2.53. The molecule has 3 aromatic rings. The molecule has 0 atom stereocenters. The fourth-order valence-corrected chi connectivity index (χ4v) is 3.88. The summed E-state index contributed by atoms with van der Waals surface area (Å²) in [6.45, 7) is 7.58. The maximum atomic E-state index is 12.8. The highest BCUT2D eigenvalue weighted by Crippen LogP contribution is 2.17. The molecule has 0 saturated carbocycles. The van der Waals surface area contributed by atoms with Crippen molar-refractivity contribution in [2.24, 2.45) is 0 Å². The van der Waals surface area contributed by atoms with Crippen LogP contribution >= 0.6 is 0 Å². The topological polar surface area (TPSA) is 105 Å². The Morgan fingerprint density at radius 3 is 1.24 bits per heavy atom. The first-order valence-electron chi connectivity index (χ1n) is 13.6. The Labute approximate surface area is 245 Å². The van der Waals surface area contributed by atoms with Crippen molar-refractivity contribution in [2.45, 2.75) is 38.9 Å². The lowest BCUT2D eigenvalue weighted by atomic mass is 10.1. The van der Waals surface area contributed by atoms with Gasteiger partial charge in [0.15, 0.2) is 0 Å². The molecule has 0 heterocycles. The van der Waals surface area contributed by atoms with E-state index in [-0.39, 0.29) is 48.7 Å². The molecule has 42 heavy (non-hydrogen) atoms. The second-order valence-corrected chi connectivity index (χ2v) is 9.20. The molecule has 3 aromatic carbocycles. The highest BCUT2D eigenvalue weighted by atomic mass is 16.5. The summed E-state index contributed by atoms with van der Waals surface area (Å²) in [6, 6.07) is 19.6. The smallest absolute Gasteiger partial charge is 0.339 e. The molecule has 0 radical (unpaired) electrons. The first kappa shape index (κ1) is 31.5. The zero-order valence-corrected chi connectivity index (χ0v) is 23.4. The normalized spacial score (nSPS) is 10.3. The molecule has 8 nitrogen and oxygen atoms in total. The maximum Gasteiger partial charge on any atom is 0.339 e. The molecule has 0 N–H and O–H groups in total. The summed E-state index contributed by atoms with van der Waals surface area (Å²) < 4.78 is 21.4. The average Bonchev–Trinajstić information content (AvgIpc) is 3.02. The molecule has 0 bridgehead atoms. The van der Waals surface area contributed by atoms with Gasteiger partial charge in [0.05, 0.1) is 35.5 Å². The lowest BCUT2D eigenvalue weighted by Gasteiger charge is -2.11. The highest BCUT2D eigenvalue weighted by molar-refractivity contribution is 6.03. The van der Waals surface area contributed by atoms with Crippen molar-refractivity contribution in [2.75, 3.05) is 13.2 Å². The molecule has 3 rings (SSSR count). The monoisotopic (exact) mass is 570 g/mol. The highest BCUT2D eigenvalue weighted by Gasteiger charge is 2.20. The lowest BCUT2D eigenvalue weighted by Crippen LogP contribution is -2.15. The largest absolute Gasteiger partial charge is 0.462 e. The summed E-state index contributed by atoms with van der Waals surface area (Å²) in [7, 11) is 0. The predicted molar refractivity (Wildman–Crippen MR) is 157 cm³/mol. The number of allylic oxidation sites excluding steroid dienone is 2. The minimum absolute atomic E-state index is 0.0656. The van der Waals surface area contributed by atoms with Crippen LogP contribution in [0.2, 0.25) is 0 Å². The van der Waals surface area contributed by atoms with Crippen molar-refractivity contribution in [3.05, 3.63) is 131 Å². The van der Waals surface area contributed by atoms with Crippen LogP contribution in [0.4, 0.5) is 0 Å². The van der Waals surface area contributed by atoms with Crippen LogP contribution in [0, 0.1) is 0 Å². The van der Waals surface area contributed by atoms with E-state index < -0.39 is 23.9 Å². The summed E-state index contributed by atoms with van der Waals surface area (Å²) >= 11 is 0. The van der Waals surface area contributed by atoms with Gasteiger partial charge in [0, 0.05) is 0 Å². The van der Waals surface area contributed by atoms with Gasteiger partial charge in [-0.25, -0.2) is 19.2 Å². The van der Waals surface area contributed by atoms with Crippen LogP contribution in [0.3, 0.4) is 0 Å². The van der Waals surface area contributed by atoms with E-state index in [1.54, 1.807) is 60.7 Å². The molecular weight excluding hydrogens is 536 g/mol. The molecular formula is C34H34O8. The van der Waals surface area contributed by atoms with Crippen LogP contribution in [0.1, 0.15) is 78.2 Å². The quantitative estimate of drug-likeness (QED) is 0.0816. The molecule has 0 fully saturated rings. The molecule has 0 spiro atoms. The van der Waals surface area contributed by atoms with Crippen LogP contribution in [-0.2, 0) is 32.2 Å². The first-order valence-corrected chi connectivity index (χ1v) is 13.6. The number of ether oxygens (including phenoxy) is 4. The minimum Gasteiger partial charge on any atom is -0.462 e. The van der Waals surface area contributed by atoms with Gasteiger partial charge in [0.25, 0.3) is 0 Å². The van der Waals surface area contributed by atoms with Gasteiger partial charge in [0.1, 0.15) is 13.2 Å². The van der Waals surface area contributed by atoms with Crippen molar-refractivity contribution in [1.82, 2.24) is 0 Å². The number of benzene rings is 3. The number of carbonyl (C=O) groups is 4. The van der Waals surface area contributed by atoms with Crippen LogP contribution in [0.15, 0.2) is 98.1 Å². The van der Waals surface area contributed by atoms with Gasteiger partial charge in [0.2, 0.25) is 0 Å². The van der Waals surface area contributed by atoms with E-state index in [0.717, 1.165) is 0 Å². The number of unbranched alkanes of at least 4 members (excludes halogenated alkanes) is 2. The molecule has 8 heteroatoms. The average molecular weight is 571 g/mol. The molecule has 0 saturated heterocycles. The Bertz CT molecular complexity index is 1310. The van der Waals surface area contributed by atoms with Gasteiger partial charge in [-0.05, 0) is 67.1 Å². The van der Waals surface area contributed by atoms with Crippen molar-refractivity contribution < 1.29 is 38.1 Å². The van der Waals surface area contributed by atoms with Gasteiger partial charge < -0.3 is 18.9 Å². The molecule has 0 aliphatic heterocycles. The zero-order valence-electron chi connectivity index (χ0n) is 23.4. The second kappa shape index (κ2) is 17.0. The van der Waals surface area contributed by atoms with Crippen LogP contribution in [-0.4, -0.2) is 37.1 Å². The molecule has 218 valence electrons. The standard InChI is InChI=1S/C34H34O8/c1-3-5-11-20-39-31(35)27-16-7-9-18-29(27)33(37)41-23-25-14-13-15-26(22-25)24-42-34(38)30-19-10-8-17-28(30)32(36)40-21-12-6-4-2/h3-4,7-10,13-19,22H,1-2,5-6,11-12,20-21,23-24H2. The number of hydrogen-bond donors (Lipinski definition) is 0. The van der Waals surface area contributed by atoms with Crippen molar-refractivity contribution in [3.63, 3.8) is 0 Å². The summed E-state index contributed by atoms with van der Waals surface area (Å²) in [4.78, 5) is 50.6. The van der Waals surface area contributed by atoms with Crippen molar-refractivity contribution in [1.29, 1.82) is 0 Å². The first-order chi connectivity index (χ1) is 20.4. The van der Waals surface area contributed by atoms with Crippen molar-refractivity contribution >= 4 is 23.9 Å². The van der Waals surface area contributed by atoms with Gasteiger partial charge >= 0.3 is 23.9 Å². The Balaban J connectivity index is 1.57. The van der Waals surface area contributed by atoms with E-state index in [1.165, 1.54) is 24.3 Å². The third kappa shape index (κ3) is 9.59. The summed E-state index contributed by atoms with van der Waals surface area (Å²) in [6.07, 6.45) is 6.20. The minimum atomic E-state index is -0.668. The Morgan fingerprint density at radius 1 is 0.524 bits per heavy atom. The number of carbonyl (C=O) groups excluding carboxylic acids is 4. The fraction of sp³-hybridized carbons (Fsp3) is 0.235. The van der Waals surface area contributed by atoms with Gasteiger partial charge in [-0.3, -0.25) is 0 Å². The number of esters is 4. The van der Waals surface area contributed by atoms with E-state index in [9.17, 15) is 19.2 Å². The van der Waals surface area contributed by atoms with E-state index in [0.29, 0.717) is 36.8 Å². The molecule has 0 unspecified atom stereocenters. The van der Waals surface area contributed by atoms with Crippen LogP contribution in [0.5, 0.6) is 0 Å². The molecule has 0 aromatic heterocycles. The van der Waals surface area contributed by atoms with Gasteiger partial charge in [-0.2, -0.15) is 0 Å². The summed E-state index contributed by atoms with van der Waals surface area (Å²) in [5.41, 5.74) is 1.78. The van der Waals surface area contributed by atoms with Gasteiger partial charge in [-0.1, -0.05) is 54.6 Å². The molecule has 0 aliphatic carbocycles. The molecule has 0 amide bonds. The van der Waals surface area contributed by atoms with Gasteiger partial charge in [-0.15, -0.1) is 13.2 Å². The predicted octanol–water partition coefficient (Wildman–Crippen LogP) is 6.65. The third-order valence-electron chi connectivity index (χ3n) is 6.04. The van der Waals surface area contributed by atoms with Crippen molar-refractivity contribution in [3.8, 4) is 0 Å². The van der Waals surface area contributed by atoms with Crippen LogP contribution in [0.25, 0.3) is 0 Å². The Kier molecular flexibility index (Phi) is 12.7. The maximum absolute atomic E-state index is 12.8. The SMILES string of the molecule is C=CCCCOC(=O)c1ccccc1C(=O)OCc1cccc(COC(=O)c2ccccc2C(=O)OCCCC=C)c1. The Hall–Kier alpha value is -4.98. The van der Waals surface area contributed by atoms with E-state index in [4.69, 9.17) is 18.9 Å². The zero-order chi connectivity index (χ0) is 30.2. The number of hydrogen-bond acceptors (Lipinski definition) is 8. The number of rotatable bonds is 16. The van der Waals surface area contributed by atoms with Crippen LogP contribution < -0.4 is 0 Å². The van der Waals surface area contributed by atoms with E-state index in [1.807, 2.05) is 0 Å². The second-order valence-electron chi connectivity index (χ2n) is 9.20. The lowest BCUT2D eigenvalue weighted by molar-refractivity contribution is 0.0433. The Morgan fingerprint density at radius 2 is 0.881 bits per heavy atom. The fourth-order valence-electron chi connectivity index (χ4n) is 3.88. The summed E-state index contributed by atoms with van der Waals surface area (Å²) in [5, 5.41) is 0. The third-order valence-corrected chi connectivity index (χ3v) is 6.04. The van der Waals surface area contributed by atoms with E-state index >= 15 is 0 Å².